The third-order valence-electron chi connectivity index (χ3n) is 4.91. The Morgan fingerprint density at radius 2 is 1.74 bits per heavy atom. The number of nitrogens with zero attached hydrogens (tertiary/aromatic N) is 1. The molecule has 0 bridgehead atoms. The van der Waals surface area contributed by atoms with Crippen molar-refractivity contribution in [2.24, 2.45) is 5.41 Å². The first-order chi connectivity index (χ1) is 11.2. The molecular weight excluding hydrogens is 300 g/mol. The minimum atomic E-state index is 0.269. The lowest BCUT2D eigenvalue weighted by atomic mass is 10.0. The number of hydrogen-bond donors (Lipinski definition) is 1. The summed E-state index contributed by atoms with van der Waals surface area (Å²) >= 11 is 2.04. The van der Waals surface area contributed by atoms with Crippen LogP contribution in [0, 0.1) is 5.41 Å². The minimum Gasteiger partial charge on any atom is -0.399 e. The zero-order chi connectivity index (χ0) is 15.9. The van der Waals surface area contributed by atoms with Crippen molar-refractivity contribution >= 4 is 23.1 Å². The van der Waals surface area contributed by atoms with Crippen LogP contribution in [0.5, 0.6) is 0 Å². The van der Waals surface area contributed by atoms with Gasteiger partial charge in [0.2, 0.25) is 0 Å². The Labute approximate surface area is 142 Å². The molecule has 0 amide bonds. The van der Waals surface area contributed by atoms with Crippen molar-refractivity contribution in [1.29, 1.82) is 0 Å². The molecule has 2 aliphatic rings. The third kappa shape index (κ3) is 2.86. The van der Waals surface area contributed by atoms with Crippen LogP contribution >= 0.6 is 11.8 Å². The van der Waals surface area contributed by atoms with Crippen LogP contribution in [-0.4, -0.2) is 5.75 Å². The lowest BCUT2D eigenvalue weighted by molar-refractivity contribution is 0.576. The Balaban J connectivity index is 1.75. The highest BCUT2D eigenvalue weighted by atomic mass is 32.2. The van der Waals surface area contributed by atoms with E-state index in [-0.39, 0.29) is 5.37 Å². The van der Waals surface area contributed by atoms with E-state index in [1.807, 2.05) is 23.9 Å². The summed E-state index contributed by atoms with van der Waals surface area (Å²) < 4.78 is 0. The molecule has 1 spiro atoms. The van der Waals surface area contributed by atoms with Gasteiger partial charge in [-0.05, 0) is 54.5 Å². The average molecular weight is 322 g/mol. The monoisotopic (exact) mass is 322 g/mol. The zero-order valence-corrected chi connectivity index (χ0v) is 14.1. The normalized spacial score (nSPS) is 22.9. The highest BCUT2D eigenvalue weighted by molar-refractivity contribution is 7.99. The van der Waals surface area contributed by atoms with E-state index >= 15 is 0 Å². The predicted molar refractivity (Wildman–Crippen MR) is 100 cm³/mol. The quantitative estimate of drug-likeness (QED) is 0.770. The molecule has 0 radical (unpaired) electrons. The van der Waals surface area contributed by atoms with Gasteiger partial charge in [-0.3, -0.25) is 0 Å². The van der Waals surface area contributed by atoms with Gasteiger partial charge in [0.05, 0.1) is 0 Å². The summed E-state index contributed by atoms with van der Waals surface area (Å²) in [6, 6.07) is 18.9. The van der Waals surface area contributed by atoms with E-state index in [0.717, 1.165) is 12.1 Å². The maximum atomic E-state index is 5.88. The molecule has 23 heavy (non-hydrogen) atoms. The molecular formula is C20H22N2S. The van der Waals surface area contributed by atoms with Gasteiger partial charge in [0.25, 0.3) is 0 Å². The molecule has 1 saturated heterocycles. The van der Waals surface area contributed by atoms with Gasteiger partial charge in [0, 0.05) is 22.8 Å². The van der Waals surface area contributed by atoms with Crippen molar-refractivity contribution in [3.63, 3.8) is 0 Å². The number of benzene rings is 2. The highest BCUT2D eigenvalue weighted by Crippen LogP contribution is 2.58. The maximum absolute atomic E-state index is 5.88. The number of thioether (sulfide) groups is 1. The number of allylic oxidation sites excluding steroid dienone is 1. The SMILES string of the molecule is C=C1CC2(CC2)CSC(c2ccc(N)cc2)N1c1ccccc1. The van der Waals surface area contributed by atoms with Gasteiger partial charge in [-0.1, -0.05) is 36.9 Å². The fourth-order valence-corrected chi connectivity index (χ4v) is 5.05. The second-order valence-electron chi connectivity index (χ2n) is 6.78. The smallest absolute Gasteiger partial charge is 0.105 e. The largest absolute Gasteiger partial charge is 0.399 e. The first-order valence-corrected chi connectivity index (χ1v) is 9.21. The summed E-state index contributed by atoms with van der Waals surface area (Å²) in [5, 5.41) is 0.269. The van der Waals surface area contributed by atoms with Crippen molar-refractivity contribution in [3.8, 4) is 0 Å². The molecule has 1 saturated carbocycles. The third-order valence-corrected chi connectivity index (χ3v) is 6.49. The lowest BCUT2D eigenvalue weighted by Gasteiger charge is -2.33. The molecule has 2 aromatic carbocycles. The van der Waals surface area contributed by atoms with E-state index in [2.05, 4.69) is 53.9 Å². The summed E-state index contributed by atoms with van der Waals surface area (Å²) in [5.74, 6) is 1.21. The molecule has 3 heteroatoms. The molecule has 2 N–H and O–H groups in total. The second-order valence-corrected chi connectivity index (χ2v) is 7.85. The van der Waals surface area contributed by atoms with Gasteiger partial charge >= 0.3 is 0 Å². The van der Waals surface area contributed by atoms with Crippen LogP contribution in [0.4, 0.5) is 11.4 Å². The molecule has 1 atom stereocenters. The molecule has 1 unspecified atom stereocenters. The van der Waals surface area contributed by atoms with Crippen molar-refractivity contribution in [2.45, 2.75) is 24.6 Å². The molecule has 4 rings (SSSR count). The first-order valence-electron chi connectivity index (χ1n) is 8.16. The van der Waals surface area contributed by atoms with Crippen LogP contribution in [0.25, 0.3) is 0 Å². The Bertz CT molecular complexity index is 704. The number of para-hydroxylation sites is 1. The van der Waals surface area contributed by atoms with E-state index < -0.39 is 0 Å². The summed E-state index contributed by atoms with van der Waals surface area (Å²) in [4.78, 5) is 2.42. The summed E-state index contributed by atoms with van der Waals surface area (Å²) in [6.45, 7) is 4.45. The van der Waals surface area contributed by atoms with Crippen molar-refractivity contribution in [3.05, 3.63) is 72.4 Å². The Morgan fingerprint density at radius 1 is 1.04 bits per heavy atom. The van der Waals surface area contributed by atoms with Gasteiger partial charge in [-0.2, -0.15) is 0 Å². The summed E-state index contributed by atoms with van der Waals surface area (Å²) in [6.07, 6.45) is 3.80. The van der Waals surface area contributed by atoms with E-state index in [9.17, 15) is 0 Å². The predicted octanol–water partition coefficient (Wildman–Crippen LogP) is 5.20. The van der Waals surface area contributed by atoms with Gasteiger partial charge in [-0.15, -0.1) is 11.8 Å². The topological polar surface area (TPSA) is 29.3 Å². The van der Waals surface area contributed by atoms with E-state index in [1.165, 1.54) is 35.5 Å². The molecule has 1 heterocycles. The molecule has 2 nitrogen and oxygen atoms in total. The van der Waals surface area contributed by atoms with Crippen molar-refractivity contribution < 1.29 is 0 Å². The van der Waals surface area contributed by atoms with E-state index in [1.54, 1.807) is 0 Å². The van der Waals surface area contributed by atoms with Crippen molar-refractivity contribution in [1.82, 2.24) is 0 Å². The molecule has 1 aliphatic heterocycles. The van der Waals surface area contributed by atoms with Crippen molar-refractivity contribution in [2.75, 3.05) is 16.4 Å². The first kappa shape index (κ1) is 14.7. The number of rotatable bonds is 2. The van der Waals surface area contributed by atoms with Gasteiger partial charge in [0.15, 0.2) is 0 Å². The minimum absolute atomic E-state index is 0.269. The summed E-state index contributed by atoms with van der Waals surface area (Å²) in [5.41, 5.74) is 10.9. The standard InChI is InChI=1S/C20H22N2S/c1-15-13-20(11-12-20)14-23-19(16-7-9-17(21)10-8-16)22(15)18-5-3-2-4-6-18/h2-10,19H,1,11-14,21H2. The van der Waals surface area contributed by atoms with Crippen LogP contribution in [-0.2, 0) is 0 Å². The highest BCUT2D eigenvalue weighted by Gasteiger charge is 2.46. The van der Waals surface area contributed by atoms with Gasteiger partial charge < -0.3 is 10.6 Å². The Morgan fingerprint density at radius 3 is 2.39 bits per heavy atom. The zero-order valence-electron chi connectivity index (χ0n) is 13.2. The second kappa shape index (κ2) is 5.64. The molecule has 2 fully saturated rings. The molecule has 0 aromatic heterocycles. The van der Waals surface area contributed by atoms with Crippen LogP contribution in [0.15, 0.2) is 66.9 Å². The lowest BCUT2D eigenvalue weighted by Crippen LogP contribution is -2.24. The van der Waals surface area contributed by atoms with Crippen LogP contribution in [0.3, 0.4) is 0 Å². The number of nitrogen functional groups attached to an aromatic ring is 1. The summed E-state index contributed by atoms with van der Waals surface area (Å²) in [7, 11) is 0. The average Bonchev–Trinajstić information content (AvgIpc) is 3.34. The van der Waals surface area contributed by atoms with E-state index in [4.69, 9.17) is 5.73 Å². The Hall–Kier alpha value is -1.87. The number of nitrogens with two attached hydrogens (primary N) is 1. The van der Waals surface area contributed by atoms with Crippen LogP contribution in [0.2, 0.25) is 0 Å². The number of hydrogen-bond acceptors (Lipinski definition) is 3. The fraction of sp³-hybridized carbons (Fsp3) is 0.300. The van der Waals surface area contributed by atoms with Crippen LogP contribution < -0.4 is 10.6 Å². The number of anilines is 2. The molecule has 1 aliphatic carbocycles. The van der Waals surface area contributed by atoms with Crippen LogP contribution in [0.1, 0.15) is 30.2 Å². The molecule has 118 valence electrons. The van der Waals surface area contributed by atoms with Gasteiger partial charge in [-0.25, -0.2) is 0 Å². The molecule has 2 aromatic rings. The fourth-order valence-electron chi connectivity index (χ4n) is 3.38. The Kier molecular flexibility index (Phi) is 3.61. The maximum Gasteiger partial charge on any atom is 0.105 e. The van der Waals surface area contributed by atoms with E-state index in [0.29, 0.717) is 5.41 Å². The van der Waals surface area contributed by atoms with Gasteiger partial charge in [0.1, 0.15) is 5.37 Å².